The van der Waals surface area contributed by atoms with Crippen LogP contribution in [0, 0.1) is 0 Å². The summed E-state index contributed by atoms with van der Waals surface area (Å²) in [6.45, 7) is 1.87. The lowest BCUT2D eigenvalue weighted by molar-refractivity contribution is 0.477. The first kappa shape index (κ1) is 14.8. The molecule has 0 bridgehead atoms. The number of nitrogen functional groups attached to an aromatic ring is 1. The summed E-state index contributed by atoms with van der Waals surface area (Å²) in [6, 6.07) is 3.42. The molecule has 1 unspecified atom stereocenters. The fourth-order valence-electron chi connectivity index (χ4n) is 1.67. The number of nitrogens with two attached hydrogens (primary N) is 1. The molecule has 0 aliphatic heterocycles. The van der Waals surface area contributed by atoms with Crippen LogP contribution in [0.4, 0.5) is 5.69 Å². The molecule has 0 radical (unpaired) electrons. The third kappa shape index (κ3) is 3.09. The molecule has 1 aromatic carbocycles. The van der Waals surface area contributed by atoms with E-state index in [2.05, 4.69) is 9.71 Å². The zero-order valence-corrected chi connectivity index (χ0v) is 12.4. The second-order valence-corrected chi connectivity index (χ2v) is 6.81. The molecule has 0 aliphatic carbocycles. The number of hydrogen-bond acceptors (Lipinski definition) is 6. The largest absolute Gasteiger partial charge is 0.506 e. The highest BCUT2D eigenvalue weighted by molar-refractivity contribution is 7.89. The van der Waals surface area contributed by atoms with Crippen molar-refractivity contribution in [3.8, 4) is 5.75 Å². The van der Waals surface area contributed by atoms with Gasteiger partial charge in [-0.2, -0.15) is 0 Å². The number of thiazole rings is 1. The van der Waals surface area contributed by atoms with E-state index in [-0.39, 0.29) is 22.4 Å². The van der Waals surface area contributed by atoms with Crippen molar-refractivity contribution in [2.24, 2.45) is 0 Å². The number of benzene rings is 1. The number of sulfonamides is 1. The Morgan fingerprint density at radius 3 is 2.80 bits per heavy atom. The zero-order chi connectivity index (χ0) is 14.8. The third-order valence-electron chi connectivity index (χ3n) is 2.76. The minimum absolute atomic E-state index is 0.0165. The summed E-state index contributed by atoms with van der Waals surface area (Å²) in [4.78, 5) is 4.14. The molecule has 0 saturated heterocycles. The van der Waals surface area contributed by atoms with E-state index >= 15 is 0 Å². The van der Waals surface area contributed by atoms with E-state index < -0.39 is 10.0 Å². The predicted molar refractivity (Wildman–Crippen MR) is 78.0 cm³/mol. The quantitative estimate of drug-likeness (QED) is 0.577. The van der Waals surface area contributed by atoms with Gasteiger partial charge in [-0.1, -0.05) is 6.92 Å². The summed E-state index contributed by atoms with van der Waals surface area (Å²) in [7, 11) is -3.71. The van der Waals surface area contributed by atoms with E-state index in [1.165, 1.54) is 29.5 Å². The van der Waals surface area contributed by atoms with Crippen molar-refractivity contribution < 1.29 is 13.5 Å². The van der Waals surface area contributed by atoms with Crippen molar-refractivity contribution >= 4 is 27.0 Å². The number of aromatic hydroxyl groups is 1. The molecule has 1 heterocycles. The Labute approximate surface area is 121 Å². The lowest BCUT2D eigenvalue weighted by Gasteiger charge is -2.15. The Kier molecular flexibility index (Phi) is 4.26. The number of phenols is 1. The van der Waals surface area contributed by atoms with Gasteiger partial charge in [-0.25, -0.2) is 18.1 Å². The van der Waals surface area contributed by atoms with Gasteiger partial charge >= 0.3 is 0 Å². The van der Waals surface area contributed by atoms with Crippen LogP contribution in [-0.2, 0) is 10.0 Å². The van der Waals surface area contributed by atoms with Crippen LogP contribution in [0.3, 0.4) is 0 Å². The smallest absolute Gasteiger partial charge is 0.241 e. The lowest BCUT2D eigenvalue weighted by Crippen LogP contribution is -2.28. The fraction of sp³-hybridized carbons (Fsp3) is 0.250. The maximum atomic E-state index is 12.3. The molecular weight excluding hydrogens is 298 g/mol. The average molecular weight is 313 g/mol. The number of anilines is 1. The Morgan fingerprint density at radius 2 is 2.25 bits per heavy atom. The van der Waals surface area contributed by atoms with Gasteiger partial charge < -0.3 is 10.8 Å². The Bertz CT molecular complexity index is 684. The zero-order valence-electron chi connectivity index (χ0n) is 10.8. The minimum atomic E-state index is -3.71. The standard InChI is InChI=1S/C12H15N3O3S2/c1-2-10(12-14-5-6-19-12)15-20(17,18)8-3-4-11(16)9(13)7-8/h3-7,10,15-16H,2,13H2,1H3. The van der Waals surface area contributed by atoms with Gasteiger partial charge in [-0.05, 0) is 24.6 Å². The third-order valence-corrected chi connectivity index (χ3v) is 5.12. The minimum Gasteiger partial charge on any atom is -0.506 e. The summed E-state index contributed by atoms with van der Waals surface area (Å²) >= 11 is 1.39. The predicted octanol–water partition coefficient (Wildman–Crippen LogP) is 1.86. The van der Waals surface area contributed by atoms with Gasteiger partial charge in [-0.3, -0.25) is 0 Å². The van der Waals surface area contributed by atoms with Crippen molar-refractivity contribution in [2.75, 3.05) is 5.73 Å². The van der Waals surface area contributed by atoms with E-state index in [1.807, 2.05) is 6.92 Å². The van der Waals surface area contributed by atoms with Crippen LogP contribution in [0.2, 0.25) is 0 Å². The van der Waals surface area contributed by atoms with Crippen LogP contribution >= 0.6 is 11.3 Å². The first-order chi connectivity index (χ1) is 9.44. The highest BCUT2D eigenvalue weighted by Gasteiger charge is 2.22. The van der Waals surface area contributed by atoms with Crippen LogP contribution in [0.1, 0.15) is 24.4 Å². The molecule has 108 valence electrons. The summed E-state index contributed by atoms with van der Waals surface area (Å²) in [6.07, 6.45) is 2.22. The summed E-state index contributed by atoms with van der Waals surface area (Å²) in [5, 5.41) is 11.8. The molecule has 2 rings (SSSR count). The number of nitrogens with zero attached hydrogens (tertiary/aromatic N) is 1. The molecule has 2 aromatic rings. The van der Waals surface area contributed by atoms with E-state index in [0.717, 1.165) is 0 Å². The number of rotatable bonds is 5. The van der Waals surface area contributed by atoms with E-state index in [0.29, 0.717) is 11.4 Å². The average Bonchev–Trinajstić information content (AvgIpc) is 2.93. The highest BCUT2D eigenvalue weighted by atomic mass is 32.2. The number of hydrogen-bond donors (Lipinski definition) is 3. The Morgan fingerprint density at radius 1 is 1.50 bits per heavy atom. The van der Waals surface area contributed by atoms with Crippen molar-refractivity contribution in [1.29, 1.82) is 0 Å². The molecule has 0 fully saturated rings. The van der Waals surface area contributed by atoms with Crippen LogP contribution in [0.15, 0.2) is 34.7 Å². The topological polar surface area (TPSA) is 105 Å². The van der Waals surface area contributed by atoms with E-state index in [9.17, 15) is 13.5 Å². The monoisotopic (exact) mass is 313 g/mol. The van der Waals surface area contributed by atoms with Crippen LogP contribution < -0.4 is 10.5 Å². The molecule has 1 aromatic heterocycles. The van der Waals surface area contributed by atoms with Gasteiger partial charge in [0.1, 0.15) is 10.8 Å². The maximum Gasteiger partial charge on any atom is 0.241 e. The summed E-state index contributed by atoms with van der Waals surface area (Å²) in [5.74, 6) is -0.143. The van der Waals surface area contributed by atoms with E-state index in [1.54, 1.807) is 11.6 Å². The molecule has 0 amide bonds. The first-order valence-corrected chi connectivity index (χ1v) is 8.30. The van der Waals surface area contributed by atoms with Crippen LogP contribution in [-0.4, -0.2) is 18.5 Å². The van der Waals surface area contributed by atoms with Crippen molar-refractivity contribution in [3.63, 3.8) is 0 Å². The molecular formula is C12H15N3O3S2. The second kappa shape index (κ2) is 5.78. The van der Waals surface area contributed by atoms with Gasteiger partial charge in [-0.15, -0.1) is 11.3 Å². The molecule has 0 saturated carbocycles. The van der Waals surface area contributed by atoms with Gasteiger partial charge in [0.2, 0.25) is 10.0 Å². The van der Waals surface area contributed by atoms with Gasteiger partial charge in [0, 0.05) is 11.6 Å². The number of aromatic nitrogens is 1. The number of nitrogens with one attached hydrogen (secondary N) is 1. The SMILES string of the molecule is CCC(NS(=O)(=O)c1ccc(O)c(N)c1)c1nccs1. The van der Waals surface area contributed by atoms with Gasteiger partial charge in [0.15, 0.2) is 0 Å². The molecule has 20 heavy (non-hydrogen) atoms. The molecule has 4 N–H and O–H groups in total. The summed E-state index contributed by atoms with van der Waals surface area (Å²) in [5.41, 5.74) is 5.55. The molecule has 8 heteroatoms. The Hall–Kier alpha value is -1.64. The summed E-state index contributed by atoms with van der Waals surface area (Å²) < 4.78 is 27.2. The maximum absolute atomic E-state index is 12.3. The first-order valence-electron chi connectivity index (χ1n) is 5.94. The van der Waals surface area contributed by atoms with Crippen LogP contribution in [0.25, 0.3) is 0 Å². The lowest BCUT2D eigenvalue weighted by atomic mass is 10.3. The van der Waals surface area contributed by atoms with Gasteiger partial charge in [0.25, 0.3) is 0 Å². The van der Waals surface area contributed by atoms with Gasteiger partial charge in [0.05, 0.1) is 16.6 Å². The number of phenolic OH excluding ortho intramolecular Hbond substituents is 1. The molecule has 0 spiro atoms. The molecule has 6 nitrogen and oxygen atoms in total. The van der Waals surface area contributed by atoms with Crippen molar-refractivity contribution in [1.82, 2.24) is 9.71 Å². The van der Waals surface area contributed by atoms with E-state index in [4.69, 9.17) is 5.73 Å². The second-order valence-electron chi connectivity index (χ2n) is 4.17. The fourth-order valence-corrected chi connectivity index (χ4v) is 3.84. The normalized spacial score (nSPS) is 13.2. The van der Waals surface area contributed by atoms with Crippen molar-refractivity contribution in [3.05, 3.63) is 34.8 Å². The van der Waals surface area contributed by atoms with Crippen LogP contribution in [0.5, 0.6) is 5.75 Å². The highest BCUT2D eigenvalue weighted by Crippen LogP contribution is 2.25. The molecule has 0 aliphatic rings. The Balaban J connectivity index is 2.28. The molecule has 1 atom stereocenters. The van der Waals surface area contributed by atoms with Crippen molar-refractivity contribution in [2.45, 2.75) is 24.3 Å².